The van der Waals surface area contributed by atoms with Gasteiger partial charge in [-0.2, -0.15) is 0 Å². The van der Waals surface area contributed by atoms with Gasteiger partial charge in [0.15, 0.2) is 12.1 Å². The number of oxazole rings is 1. The molecule has 0 aliphatic carbocycles. The maximum atomic E-state index is 12.2. The summed E-state index contributed by atoms with van der Waals surface area (Å²) in [5.41, 5.74) is 0.302. The van der Waals surface area contributed by atoms with E-state index in [1.807, 2.05) is 13.8 Å². The van der Waals surface area contributed by atoms with Crippen LogP contribution in [0.2, 0.25) is 0 Å². The van der Waals surface area contributed by atoms with E-state index in [1.165, 1.54) is 6.39 Å². The second-order valence-electron chi connectivity index (χ2n) is 4.61. The standard InChI is InChI=1S/C12H16N2O4/c1-3-9-10(13-6-18-9)11(15)14-4-7(2)8(5-14)12(16)17/h6-8H,3-5H2,1-2H3,(H,16,17)/t7-,8-/m1/s1. The molecule has 6 nitrogen and oxygen atoms in total. The number of carboxylic acids is 1. The van der Waals surface area contributed by atoms with Gasteiger partial charge in [-0.05, 0) is 5.92 Å². The molecule has 2 heterocycles. The van der Waals surface area contributed by atoms with Crippen molar-refractivity contribution in [1.82, 2.24) is 9.88 Å². The smallest absolute Gasteiger partial charge is 0.308 e. The number of carbonyl (C=O) groups excluding carboxylic acids is 1. The summed E-state index contributed by atoms with van der Waals surface area (Å²) < 4.78 is 5.12. The van der Waals surface area contributed by atoms with Crippen LogP contribution >= 0.6 is 0 Å². The minimum absolute atomic E-state index is 0.0385. The fourth-order valence-electron chi connectivity index (χ4n) is 2.30. The largest absolute Gasteiger partial charge is 0.481 e. The molecule has 1 aromatic heterocycles. The van der Waals surface area contributed by atoms with E-state index in [0.29, 0.717) is 24.4 Å². The fourth-order valence-corrected chi connectivity index (χ4v) is 2.30. The third kappa shape index (κ3) is 2.10. The highest BCUT2D eigenvalue weighted by Gasteiger charge is 2.38. The molecule has 2 rings (SSSR count). The van der Waals surface area contributed by atoms with Crippen LogP contribution in [-0.4, -0.2) is 40.0 Å². The summed E-state index contributed by atoms with van der Waals surface area (Å²) in [6, 6.07) is 0. The number of hydrogen-bond acceptors (Lipinski definition) is 4. The van der Waals surface area contributed by atoms with Crippen LogP contribution in [-0.2, 0) is 11.2 Å². The summed E-state index contributed by atoms with van der Waals surface area (Å²) >= 11 is 0. The summed E-state index contributed by atoms with van der Waals surface area (Å²) in [5.74, 6) is -1.08. The number of carboxylic acid groups (broad SMARTS) is 1. The number of aryl methyl sites for hydroxylation is 1. The van der Waals surface area contributed by atoms with Crippen LogP contribution in [0.25, 0.3) is 0 Å². The van der Waals surface area contributed by atoms with Gasteiger partial charge in [0.2, 0.25) is 0 Å². The van der Waals surface area contributed by atoms with Gasteiger partial charge in [0.1, 0.15) is 5.76 Å². The average molecular weight is 252 g/mol. The van der Waals surface area contributed by atoms with Crippen molar-refractivity contribution >= 4 is 11.9 Å². The molecule has 98 valence electrons. The highest BCUT2D eigenvalue weighted by molar-refractivity contribution is 5.93. The number of nitrogens with zero attached hydrogens (tertiary/aromatic N) is 2. The third-order valence-electron chi connectivity index (χ3n) is 3.38. The Morgan fingerprint density at radius 2 is 2.28 bits per heavy atom. The molecule has 1 aromatic rings. The first-order valence-corrected chi connectivity index (χ1v) is 5.99. The molecule has 0 spiro atoms. The highest BCUT2D eigenvalue weighted by Crippen LogP contribution is 2.25. The van der Waals surface area contributed by atoms with E-state index in [2.05, 4.69) is 4.98 Å². The summed E-state index contributed by atoms with van der Waals surface area (Å²) in [7, 11) is 0. The third-order valence-corrected chi connectivity index (χ3v) is 3.38. The van der Waals surface area contributed by atoms with Crippen LogP contribution in [0.4, 0.5) is 0 Å². The Morgan fingerprint density at radius 1 is 1.56 bits per heavy atom. The minimum atomic E-state index is -0.853. The van der Waals surface area contributed by atoms with E-state index in [4.69, 9.17) is 9.52 Å². The van der Waals surface area contributed by atoms with Crippen molar-refractivity contribution in [2.24, 2.45) is 11.8 Å². The van der Waals surface area contributed by atoms with Crippen LogP contribution in [0.1, 0.15) is 30.1 Å². The van der Waals surface area contributed by atoms with Crippen LogP contribution in [0.3, 0.4) is 0 Å². The van der Waals surface area contributed by atoms with Crippen molar-refractivity contribution < 1.29 is 19.1 Å². The zero-order chi connectivity index (χ0) is 13.3. The quantitative estimate of drug-likeness (QED) is 0.868. The van der Waals surface area contributed by atoms with Crippen molar-refractivity contribution in [3.8, 4) is 0 Å². The van der Waals surface area contributed by atoms with Crippen molar-refractivity contribution in [2.75, 3.05) is 13.1 Å². The molecule has 1 aliphatic rings. The molecule has 0 unspecified atom stereocenters. The van der Waals surface area contributed by atoms with Gasteiger partial charge in [0, 0.05) is 19.5 Å². The lowest BCUT2D eigenvalue weighted by Gasteiger charge is -2.14. The number of aliphatic carboxylic acids is 1. The Labute approximate surface area is 105 Å². The van der Waals surface area contributed by atoms with Gasteiger partial charge in [0.25, 0.3) is 5.91 Å². The molecule has 0 bridgehead atoms. The van der Waals surface area contributed by atoms with Crippen LogP contribution in [0.15, 0.2) is 10.8 Å². The molecule has 1 N–H and O–H groups in total. The fraction of sp³-hybridized carbons (Fsp3) is 0.583. The lowest BCUT2D eigenvalue weighted by Crippen LogP contribution is -2.30. The van der Waals surface area contributed by atoms with Crippen LogP contribution in [0.5, 0.6) is 0 Å². The van der Waals surface area contributed by atoms with Gasteiger partial charge in [-0.25, -0.2) is 4.98 Å². The molecule has 6 heteroatoms. The Bertz CT molecular complexity index is 468. The Morgan fingerprint density at radius 3 is 2.83 bits per heavy atom. The van der Waals surface area contributed by atoms with Gasteiger partial charge < -0.3 is 14.4 Å². The average Bonchev–Trinajstić information content (AvgIpc) is 2.93. The van der Waals surface area contributed by atoms with E-state index in [0.717, 1.165) is 0 Å². The lowest BCUT2D eigenvalue weighted by molar-refractivity contribution is -0.142. The predicted molar refractivity (Wildman–Crippen MR) is 62.1 cm³/mol. The van der Waals surface area contributed by atoms with Crippen LogP contribution < -0.4 is 0 Å². The van der Waals surface area contributed by atoms with Gasteiger partial charge in [0.05, 0.1) is 5.92 Å². The monoisotopic (exact) mass is 252 g/mol. The number of aromatic nitrogens is 1. The molecule has 0 saturated carbocycles. The lowest BCUT2D eigenvalue weighted by atomic mass is 9.99. The predicted octanol–water partition coefficient (Wildman–Crippen LogP) is 1.03. The summed E-state index contributed by atoms with van der Waals surface area (Å²) in [5, 5.41) is 9.04. The van der Waals surface area contributed by atoms with Gasteiger partial charge in [-0.1, -0.05) is 13.8 Å². The number of carbonyl (C=O) groups is 2. The summed E-state index contributed by atoms with van der Waals surface area (Å²) in [4.78, 5) is 28.7. The SMILES string of the molecule is CCc1ocnc1C(=O)N1C[C@@H](C)[C@H](C(=O)O)C1. The molecule has 1 amide bonds. The normalized spacial score (nSPS) is 23.3. The van der Waals surface area contributed by atoms with Gasteiger partial charge in [-0.3, -0.25) is 9.59 Å². The van der Waals surface area contributed by atoms with E-state index in [-0.39, 0.29) is 18.4 Å². The zero-order valence-electron chi connectivity index (χ0n) is 10.4. The van der Waals surface area contributed by atoms with E-state index in [9.17, 15) is 9.59 Å². The molecule has 1 aliphatic heterocycles. The number of hydrogen-bond donors (Lipinski definition) is 1. The van der Waals surface area contributed by atoms with Gasteiger partial charge >= 0.3 is 5.97 Å². The second kappa shape index (κ2) is 4.80. The number of likely N-dealkylation sites (tertiary alicyclic amines) is 1. The van der Waals surface area contributed by atoms with Crippen molar-refractivity contribution in [1.29, 1.82) is 0 Å². The molecular formula is C12H16N2O4. The maximum Gasteiger partial charge on any atom is 0.308 e. The number of amides is 1. The first kappa shape index (κ1) is 12.6. The summed E-state index contributed by atoms with van der Waals surface area (Å²) in [6.45, 7) is 4.41. The Hall–Kier alpha value is -1.85. The van der Waals surface area contributed by atoms with Crippen LogP contribution in [0, 0.1) is 11.8 Å². The van der Waals surface area contributed by atoms with E-state index >= 15 is 0 Å². The topological polar surface area (TPSA) is 83.6 Å². The molecule has 0 radical (unpaired) electrons. The molecule has 18 heavy (non-hydrogen) atoms. The first-order chi connectivity index (χ1) is 8.54. The highest BCUT2D eigenvalue weighted by atomic mass is 16.4. The van der Waals surface area contributed by atoms with E-state index in [1.54, 1.807) is 4.90 Å². The maximum absolute atomic E-state index is 12.2. The second-order valence-corrected chi connectivity index (χ2v) is 4.61. The first-order valence-electron chi connectivity index (χ1n) is 5.99. The molecule has 1 fully saturated rings. The minimum Gasteiger partial charge on any atom is -0.481 e. The molecule has 2 atom stereocenters. The van der Waals surface area contributed by atoms with Gasteiger partial charge in [-0.15, -0.1) is 0 Å². The van der Waals surface area contributed by atoms with E-state index < -0.39 is 11.9 Å². The van der Waals surface area contributed by atoms with Crippen molar-refractivity contribution in [3.05, 3.63) is 17.8 Å². The molecule has 1 saturated heterocycles. The molecular weight excluding hydrogens is 236 g/mol. The van der Waals surface area contributed by atoms with Crippen molar-refractivity contribution in [2.45, 2.75) is 20.3 Å². The Balaban J connectivity index is 2.14. The van der Waals surface area contributed by atoms with Crippen molar-refractivity contribution in [3.63, 3.8) is 0 Å². The summed E-state index contributed by atoms with van der Waals surface area (Å²) in [6.07, 6.45) is 1.84. The number of rotatable bonds is 3. The zero-order valence-corrected chi connectivity index (χ0v) is 10.4. The molecule has 0 aromatic carbocycles. The Kier molecular flexibility index (Phi) is 3.36.